The molecule has 0 bridgehead atoms. The number of anilines is 1. The van der Waals surface area contributed by atoms with E-state index < -0.39 is 28.8 Å². The first-order chi connectivity index (χ1) is 9.82. The minimum absolute atomic E-state index is 0.134. The van der Waals surface area contributed by atoms with Crippen molar-refractivity contribution in [2.24, 2.45) is 7.05 Å². The van der Waals surface area contributed by atoms with Crippen molar-refractivity contribution in [3.8, 4) is 0 Å². The lowest BCUT2D eigenvalue weighted by Gasteiger charge is -2.12. The van der Waals surface area contributed by atoms with E-state index in [-0.39, 0.29) is 5.56 Å². The second-order valence-electron chi connectivity index (χ2n) is 4.76. The maximum Gasteiger partial charge on any atom is 0.263 e. The Bertz CT molecular complexity index is 762. The van der Waals surface area contributed by atoms with Gasteiger partial charge in [0.05, 0.1) is 0 Å². The van der Waals surface area contributed by atoms with E-state index >= 15 is 0 Å². The molecule has 0 saturated heterocycles. The topological polar surface area (TPSA) is 51.1 Å². The van der Waals surface area contributed by atoms with E-state index in [1.54, 1.807) is 19.9 Å². The number of aromatic nitrogens is 1. The summed E-state index contributed by atoms with van der Waals surface area (Å²) >= 11 is 0. The van der Waals surface area contributed by atoms with Crippen LogP contribution in [-0.4, -0.2) is 10.5 Å². The number of benzene rings is 1. The predicted molar refractivity (Wildman–Crippen MR) is 75.5 cm³/mol. The fraction of sp³-hybridized carbons (Fsp3) is 0.200. The highest BCUT2D eigenvalue weighted by Crippen LogP contribution is 2.19. The molecule has 2 rings (SSSR count). The quantitative estimate of drug-likeness (QED) is 0.924. The van der Waals surface area contributed by atoms with E-state index in [4.69, 9.17) is 0 Å². The van der Waals surface area contributed by atoms with Crippen molar-refractivity contribution in [2.45, 2.75) is 13.8 Å². The van der Waals surface area contributed by atoms with Gasteiger partial charge in [0.1, 0.15) is 22.9 Å². The van der Waals surface area contributed by atoms with Crippen LogP contribution in [-0.2, 0) is 7.05 Å². The van der Waals surface area contributed by atoms with Gasteiger partial charge in [0.2, 0.25) is 0 Å². The lowest BCUT2D eigenvalue weighted by molar-refractivity contribution is 0.102. The average molecular weight is 292 g/mol. The number of pyridine rings is 1. The van der Waals surface area contributed by atoms with Gasteiger partial charge in [-0.2, -0.15) is 0 Å². The molecular weight excluding hydrogens is 278 g/mol. The highest BCUT2D eigenvalue weighted by atomic mass is 19.1. The Balaban J connectivity index is 2.48. The third-order valence-electron chi connectivity index (χ3n) is 3.30. The summed E-state index contributed by atoms with van der Waals surface area (Å²) in [4.78, 5) is 24.3. The smallest absolute Gasteiger partial charge is 0.263 e. The second kappa shape index (κ2) is 5.47. The van der Waals surface area contributed by atoms with Crippen LogP contribution >= 0.6 is 0 Å². The van der Waals surface area contributed by atoms with E-state index in [1.165, 1.54) is 17.7 Å². The molecule has 1 N–H and O–H groups in total. The van der Waals surface area contributed by atoms with Crippen LogP contribution in [0.1, 0.15) is 21.6 Å². The second-order valence-corrected chi connectivity index (χ2v) is 4.76. The zero-order chi connectivity index (χ0) is 15.7. The van der Waals surface area contributed by atoms with Gasteiger partial charge in [0, 0.05) is 12.7 Å². The van der Waals surface area contributed by atoms with E-state index in [1.807, 2.05) is 0 Å². The molecule has 1 aromatic carbocycles. The molecule has 0 aliphatic carbocycles. The predicted octanol–water partition coefficient (Wildman–Crippen LogP) is 2.53. The van der Waals surface area contributed by atoms with E-state index in [0.29, 0.717) is 11.3 Å². The first-order valence-electron chi connectivity index (χ1n) is 6.25. The Hall–Kier alpha value is -2.50. The molecule has 0 spiro atoms. The van der Waals surface area contributed by atoms with Crippen molar-refractivity contribution < 1.29 is 13.6 Å². The summed E-state index contributed by atoms with van der Waals surface area (Å²) in [6.07, 6.45) is 0. The Morgan fingerprint density at radius 1 is 1.19 bits per heavy atom. The Morgan fingerprint density at radius 3 is 2.33 bits per heavy atom. The van der Waals surface area contributed by atoms with Gasteiger partial charge >= 0.3 is 0 Å². The van der Waals surface area contributed by atoms with Crippen molar-refractivity contribution in [3.05, 3.63) is 63.1 Å². The van der Waals surface area contributed by atoms with E-state index in [0.717, 1.165) is 12.1 Å². The van der Waals surface area contributed by atoms with Gasteiger partial charge in [0.15, 0.2) is 0 Å². The van der Waals surface area contributed by atoms with E-state index in [2.05, 4.69) is 5.32 Å². The van der Waals surface area contributed by atoms with Crippen molar-refractivity contribution in [1.29, 1.82) is 0 Å². The number of aryl methyl sites for hydroxylation is 2. The summed E-state index contributed by atoms with van der Waals surface area (Å²) in [6.45, 7) is 3.33. The molecule has 2 aromatic rings. The SMILES string of the molecule is Cc1cc(C)n(C)c(=O)c1C(=O)Nc1c(F)cccc1F. The van der Waals surface area contributed by atoms with Crippen LogP contribution in [0.5, 0.6) is 0 Å². The number of carbonyl (C=O) groups is 1. The normalized spacial score (nSPS) is 10.5. The van der Waals surface area contributed by atoms with Gasteiger partial charge in [0.25, 0.3) is 11.5 Å². The summed E-state index contributed by atoms with van der Waals surface area (Å²) in [5.41, 5.74) is -0.0759. The fourth-order valence-electron chi connectivity index (χ4n) is 2.05. The van der Waals surface area contributed by atoms with Crippen molar-refractivity contribution in [1.82, 2.24) is 4.57 Å². The van der Waals surface area contributed by atoms with Gasteiger partial charge in [-0.1, -0.05) is 6.07 Å². The van der Waals surface area contributed by atoms with Gasteiger partial charge in [-0.3, -0.25) is 9.59 Å². The van der Waals surface area contributed by atoms with Crippen LogP contribution in [0.15, 0.2) is 29.1 Å². The maximum absolute atomic E-state index is 13.5. The molecular formula is C15H14F2N2O2. The lowest BCUT2D eigenvalue weighted by atomic mass is 10.1. The number of hydrogen-bond donors (Lipinski definition) is 1. The van der Waals surface area contributed by atoms with Crippen molar-refractivity contribution in [2.75, 3.05) is 5.32 Å². The van der Waals surface area contributed by atoms with Gasteiger partial charge < -0.3 is 9.88 Å². The Morgan fingerprint density at radius 2 is 1.76 bits per heavy atom. The lowest BCUT2D eigenvalue weighted by Crippen LogP contribution is -2.30. The maximum atomic E-state index is 13.5. The number of rotatable bonds is 2. The highest BCUT2D eigenvalue weighted by Gasteiger charge is 2.19. The summed E-state index contributed by atoms with van der Waals surface area (Å²) in [6, 6.07) is 4.90. The number of para-hydroxylation sites is 1. The number of nitrogens with zero attached hydrogens (tertiary/aromatic N) is 1. The molecule has 4 nitrogen and oxygen atoms in total. The van der Waals surface area contributed by atoms with Crippen molar-refractivity contribution in [3.63, 3.8) is 0 Å². The molecule has 0 radical (unpaired) electrons. The van der Waals surface area contributed by atoms with Gasteiger partial charge in [-0.25, -0.2) is 8.78 Å². The fourth-order valence-corrected chi connectivity index (χ4v) is 2.05. The molecule has 0 atom stereocenters. The molecule has 0 saturated carbocycles. The van der Waals surface area contributed by atoms with Crippen LogP contribution in [0, 0.1) is 25.5 Å². The molecule has 110 valence electrons. The third-order valence-corrected chi connectivity index (χ3v) is 3.30. The standard InChI is InChI=1S/C15H14F2N2O2/c1-8-7-9(2)19(3)15(21)12(8)14(20)18-13-10(16)5-4-6-11(13)17/h4-7H,1-3H3,(H,18,20). The third kappa shape index (κ3) is 2.69. The number of halogens is 2. The molecule has 1 amide bonds. The molecule has 21 heavy (non-hydrogen) atoms. The number of amides is 1. The molecule has 0 unspecified atom stereocenters. The monoisotopic (exact) mass is 292 g/mol. The highest BCUT2D eigenvalue weighted by molar-refractivity contribution is 6.05. The minimum atomic E-state index is -0.898. The van der Waals surface area contributed by atoms with Crippen LogP contribution in [0.25, 0.3) is 0 Å². The molecule has 1 heterocycles. The molecule has 0 aliphatic rings. The molecule has 1 aromatic heterocycles. The summed E-state index contributed by atoms with van der Waals surface area (Å²) in [5, 5.41) is 2.12. The zero-order valence-electron chi connectivity index (χ0n) is 11.8. The molecule has 0 aliphatic heterocycles. The summed E-state index contributed by atoms with van der Waals surface area (Å²) < 4.78 is 28.4. The van der Waals surface area contributed by atoms with Crippen LogP contribution in [0.4, 0.5) is 14.5 Å². The minimum Gasteiger partial charge on any atom is -0.317 e. The van der Waals surface area contributed by atoms with Gasteiger partial charge in [-0.15, -0.1) is 0 Å². The number of nitrogens with one attached hydrogen (secondary N) is 1. The first-order valence-corrected chi connectivity index (χ1v) is 6.25. The first kappa shape index (κ1) is 14.9. The number of carbonyl (C=O) groups excluding carboxylic acids is 1. The zero-order valence-corrected chi connectivity index (χ0v) is 11.8. The Kier molecular flexibility index (Phi) is 3.88. The summed E-state index contributed by atoms with van der Waals surface area (Å²) in [7, 11) is 1.53. The van der Waals surface area contributed by atoms with Gasteiger partial charge in [-0.05, 0) is 37.6 Å². The average Bonchev–Trinajstić information content (AvgIpc) is 2.40. The van der Waals surface area contributed by atoms with Crippen LogP contribution in [0.3, 0.4) is 0 Å². The molecule has 0 fully saturated rings. The number of hydrogen-bond acceptors (Lipinski definition) is 2. The van der Waals surface area contributed by atoms with Crippen molar-refractivity contribution >= 4 is 11.6 Å². The molecule has 6 heteroatoms. The van der Waals surface area contributed by atoms with Crippen LogP contribution < -0.4 is 10.9 Å². The summed E-state index contributed by atoms with van der Waals surface area (Å²) in [5.74, 6) is -2.63. The van der Waals surface area contributed by atoms with Crippen LogP contribution in [0.2, 0.25) is 0 Å². The Labute approximate surface area is 120 Å². The largest absolute Gasteiger partial charge is 0.317 e. The van der Waals surface area contributed by atoms with E-state index in [9.17, 15) is 18.4 Å².